The van der Waals surface area contributed by atoms with Crippen LogP contribution in [0.1, 0.15) is 0 Å². The fourth-order valence-corrected chi connectivity index (χ4v) is 4.75. The van der Waals surface area contributed by atoms with Crippen molar-refractivity contribution in [3.63, 3.8) is 0 Å². The van der Waals surface area contributed by atoms with Crippen LogP contribution in [0.2, 0.25) is 5.02 Å². The number of pyridine rings is 1. The smallest absolute Gasteiger partial charge is 0.231 e. The molecule has 7 heteroatoms. The second-order valence-corrected chi connectivity index (χ2v) is 8.07. The van der Waals surface area contributed by atoms with Crippen LogP contribution in [-0.4, -0.2) is 28.1 Å². The lowest BCUT2D eigenvalue weighted by molar-refractivity contribution is 0.174. The van der Waals surface area contributed by atoms with Crippen LogP contribution in [0.5, 0.6) is 11.5 Å². The predicted molar refractivity (Wildman–Crippen MR) is 114 cm³/mol. The quantitative estimate of drug-likeness (QED) is 0.475. The summed E-state index contributed by atoms with van der Waals surface area (Å²) in [5.74, 6) is 1.46. The van der Waals surface area contributed by atoms with E-state index in [-0.39, 0.29) is 13.4 Å². The molecule has 2 aromatic carbocycles. The Morgan fingerprint density at radius 1 is 1.07 bits per heavy atom. The lowest BCUT2D eigenvalue weighted by Gasteiger charge is -2.12. The fraction of sp³-hybridized carbons (Fsp3) is 0.136. The summed E-state index contributed by atoms with van der Waals surface area (Å²) in [7, 11) is 0. The Kier molecular flexibility index (Phi) is 4.83. The molecule has 5 rings (SSSR count). The van der Waals surface area contributed by atoms with Crippen LogP contribution in [0.25, 0.3) is 22.3 Å². The minimum atomic E-state index is 0.0168. The van der Waals surface area contributed by atoms with Crippen LogP contribution in [0.15, 0.2) is 70.6 Å². The van der Waals surface area contributed by atoms with Crippen molar-refractivity contribution in [3.05, 3.63) is 65.8 Å². The van der Waals surface area contributed by atoms with Gasteiger partial charge in [-0.1, -0.05) is 23.4 Å². The Balaban J connectivity index is 1.73. The van der Waals surface area contributed by atoms with E-state index in [9.17, 15) is 5.11 Å². The number of nitrogens with zero attached hydrogens (tertiary/aromatic N) is 2. The molecule has 0 unspecified atom stereocenters. The molecule has 4 aromatic rings. The average Bonchev–Trinajstić information content (AvgIpc) is 3.33. The Morgan fingerprint density at radius 2 is 1.90 bits per heavy atom. The molecule has 0 spiro atoms. The molecule has 3 heterocycles. The Morgan fingerprint density at radius 3 is 2.72 bits per heavy atom. The number of aliphatic hydroxyl groups is 1. The first-order valence-electron chi connectivity index (χ1n) is 9.16. The molecular formula is C22H17ClN2O3S. The monoisotopic (exact) mass is 424 g/mol. The van der Waals surface area contributed by atoms with Crippen LogP contribution in [0, 0.1) is 0 Å². The molecule has 0 fully saturated rings. The molecule has 1 aliphatic heterocycles. The summed E-state index contributed by atoms with van der Waals surface area (Å²) >= 11 is 7.71. The third-order valence-electron chi connectivity index (χ3n) is 4.78. The van der Waals surface area contributed by atoms with E-state index in [1.807, 2.05) is 48.5 Å². The number of aromatic nitrogens is 2. The Bertz CT molecular complexity index is 1190. The van der Waals surface area contributed by atoms with Gasteiger partial charge in [-0.2, -0.15) is 0 Å². The first-order valence-corrected chi connectivity index (χ1v) is 10.4. The normalized spacial score (nSPS) is 12.6. The maximum absolute atomic E-state index is 9.72. The topological polar surface area (TPSA) is 56.5 Å². The molecule has 29 heavy (non-hydrogen) atoms. The largest absolute Gasteiger partial charge is 0.454 e. The molecule has 0 saturated heterocycles. The van der Waals surface area contributed by atoms with E-state index in [1.165, 1.54) is 0 Å². The van der Waals surface area contributed by atoms with Gasteiger partial charge in [0.25, 0.3) is 0 Å². The number of hydrogen-bond acceptors (Lipinski definition) is 5. The summed E-state index contributed by atoms with van der Waals surface area (Å²) in [5, 5.41) is 11.5. The second-order valence-electron chi connectivity index (χ2n) is 6.55. The number of halogens is 1. The van der Waals surface area contributed by atoms with E-state index >= 15 is 0 Å². The molecule has 1 N–H and O–H groups in total. The van der Waals surface area contributed by atoms with E-state index in [0.29, 0.717) is 11.6 Å². The molecule has 0 aliphatic carbocycles. The summed E-state index contributed by atoms with van der Waals surface area (Å²) in [5.41, 5.74) is 2.81. The number of fused-ring (bicyclic) bond motifs is 2. The van der Waals surface area contributed by atoms with Gasteiger partial charge in [0.1, 0.15) is 5.65 Å². The number of aliphatic hydroxyl groups excluding tert-OH is 1. The minimum absolute atomic E-state index is 0.0168. The van der Waals surface area contributed by atoms with Crippen molar-refractivity contribution >= 4 is 34.4 Å². The first-order chi connectivity index (χ1) is 14.2. The van der Waals surface area contributed by atoms with Gasteiger partial charge in [0.05, 0.1) is 12.3 Å². The van der Waals surface area contributed by atoms with E-state index in [4.69, 9.17) is 21.1 Å². The Labute approximate surface area is 176 Å². The fourth-order valence-electron chi connectivity index (χ4n) is 3.52. The van der Waals surface area contributed by atoms with Crippen LogP contribution in [0.4, 0.5) is 0 Å². The third-order valence-corrected chi connectivity index (χ3v) is 6.15. The molecule has 2 aromatic heterocycles. The number of rotatable bonds is 5. The zero-order valence-corrected chi connectivity index (χ0v) is 16.9. The number of benzene rings is 2. The van der Waals surface area contributed by atoms with Crippen molar-refractivity contribution in [3.8, 4) is 22.8 Å². The van der Waals surface area contributed by atoms with Gasteiger partial charge in [-0.05, 0) is 54.6 Å². The lowest BCUT2D eigenvalue weighted by atomic mass is 10.1. The highest BCUT2D eigenvalue weighted by atomic mass is 35.5. The van der Waals surface area contributed by atoms with Crippen LogP contribution < -0.4 is 9.47 Å². The highest BCUT2D eigenvalue weighted by Gasteiger charge is 2.22. The molecule has 0 radical (unpaired) electrons. The molecule has 1 aliphatic rings. The summed E-state index contributed by atoms with van der Waals surface area (Å²) in [4.78, 5) is 6.74. The van der Waals surface area contributed by atoms with Gasteiger partial charge in [-0.25, -0.2) is 4.98 Å². The van der Waals surface area contributed by atoms with Crippen molar-refractivity contribution in [2.24, 2.45) is 0 Å². The molecule has 5 nitrogen and oxygen atoms in total. The van der Waals surface area contributed by atoms with Gasteiger partial charge >= 0.3 is 0 Å². The first kappa shape index (κ1) is 18.4. The highest BCUT2D eigenvalue weighted by molar-refractivity contribution is 7.99. The molecule has 146 valence electrons. The lowest BCUT2D eigenvalue weighted by Crippen LogP contribution is -2.04. The van der Waals surface area contributed by atoms with E-state index in [1.54, 1.807) is 18.0 Å². The predicted octanol–water partition coefficient (Wildman–Crippen LogP) is 5.23. The summed E-state index contributed by atoms with van der Waals surface area (Å²) < 4.78 is 13.1. The standard InChI is InChI=1S/C22H17ClN2O3S/c23-15-4-6-16(7-5-15)29-21-17-2-1-9-24-22(17)25(10-11-26)20(21)14-3-8-18-19(12-14)28-13-27-18/h1-9,12,26H,10-11,13H2. The van der Waals surface area contributed by atoms with Crippen molar-refractivity contribution in [1.82, 2.24) is 9.55 Å². The number of ether oxygens (including phenoxy) is 2. The van der Waals surface area contributed by atoms with Gasteiger partial charge in [0.2, 0.25) is 6.79 Å². The minimum Gasteiger partial charge on any atom is -0.454 e. The SMILES string of the molecule is OCCn1c(-c2ccc3c(c2)OCO3)c(Sc2ccc(Cl)cc2)c2cccnc21. The van der Waals surface area contributed by atoms with Gasteiger partial charge in [0, 0.05) is 38.5 Å². The maximum atomic E-state index is 9.72. The van der Waals surface area contributed by atoms with Gasteiger partial charge in [-0.15, -0.1) is 0 Å². The summed E-state index contributed by atoms with van der Waals surface area (Å²) in [6.45, 7) is 0.688. The van der Waals surface area contributed by atoms with E-state index < -0.39 is 0 Å². The maximum Gasteiger partial charge on any atom is 0.231 e. The molecular weight excluding hydrogens is 408 g/mol. The average molecular weight is 425 g/mol. The zero-order valence-electron chi connectivity index (χ0n) is 15.3. The van der Waals surface area contributed by atoms with Crippen molar-refractivity contribution in [2.45, 2.75) is 16.3 Å². The summed E-state index contributed by atoms with van der Waals surface area (Å²) in [6, 6.07) is 17.7. The number of hydrogen-bond donors (Lipinski definition) is 1. The van der Waals surface area contributed by atoms with E-state index in [0.717, 1.165) is 43.6 Å². The molecule has 0 amide bonds. The van der Waals surface area contributed by atoms with E-state index in [2.05, 4.69) is 15.6 Å². The Hall–Kier alpha value is -2.67. The van der Waals surface area contributed by atoms with Gasteiger partial charge < -0.3 is 19.1 Å². The molecule has 0 bridgehead atoms. The molecule has 0 saturated carbocycles. The van der Waals surface area contributed by atoms with Gasteiger partial charge in [-0.3, -0.25) is 0 Å². The third kappa shape index (κ3) is 3.33. The zero-order chi connectivity index (χ0) is 19.8. The molecule has 0 atom stereocenters. The second kappa shape index (κ2) is 7.63. The van der Waals surface area contributed by atoms with Gasteiger partial charge in [0.15, 0.2) is 11.5 Å². The highest BCUT2D eigenvalue weighted by Crippen LogP contribution is 2.45. The van der Waals surface area contributed by atoms with Crippen molar-refractivity contribution < 1.29 is 14.6 Å². The van der Waals surface area contributed by atoms with Crippen molar-refractivity contribution in [1.29, 1.82) is 0 Å². The van der Waals surface area contributed by atoms with Crippen LogP contribution in [0.3, 0.4) is 0 Å². The van der Waals surface area contributed by atoms with Crippen LogP contribution >= 0.6 is 23.4 Å². The van der Waals surface area contributed by atoms with Crippen LogP contribution in [-0.2, 0) is 6.54 Å². The summed E-state index contributed by atoms with van der Waals surface area (Å²) in [6.07, 6.45) is 1.77. The van der Waals surface area contributed by atoms with Crippen molar-refractivity contribution in [2.75, 3.05) is 13.4 Å².